The molecule has 1 heterocycles. The number of carbonyl (C=O) groups is 2. The van der Waals surface area contributed by atoms with Crippen LogP contribution in [0.3, 0.4) is 0 Å². The lowest BCUT2D eigenvalue weighted by atomic mass is 10.0. The van der Waals surface area contributed by atoms with Crippen molar-refractivity contribution >= 4 is 23.2 Å². The van der Waals surface area contributed by atoms with E-state index in [9.17, 15) is 9.59 Å². The van der Waals surface area contributed by atoms with Crippen LogP contribution in [0.5, 0.6) is 0 Å². The Kier molecular flexibility index (Phi) is 6.13. The number of hydrogen-bond donors (Lipinski definition) is 2. The van der Waals surface area contributed by atoms with Crippen molar-refractivity contribution in [3.63, 3.8) is 0 Å². The maximum absolute atomic E-state index is 12.0. The van der Waals surface area contributed by atoms with Gasteiger partial charge in [-0.05, 0) is 20.3 Å². The van der Waals surface area contributed by atoms with Gasteiger partial charge in [0.1, 0.15) is 9.88 Å². The molecule has 0 aliphatic heterocycles. The van der Waals surface area contributed by atoms with Gasteiger partial charge in [0, 0.05) is 5.92 Å². The Bertz CT molecular complexity index is 485. The summed E-state index contributed by atoms with van der Waals surface area (Å²) in [4.78, 5) is 27.5. The molecule has 1 amide bonds. The van der Waals surface area contributed by atoms with Crippen LogP contribution in [-0.2, 0) is 4.79 Å². The number of aromatic carboxylic acids is 1. The summed E-state index contributed by atoms with van der Waals surface area (Å²) in [7, 11) is 0. The van der Waals surface area contributed by atoms with Gasteiger partial charge in [0.25, 0.3) is 0 Å². The van der Waals surface area contributed by atoms with E-state index in [1.54, 1.807) is 6.92 Å². The highest BCUT2D eigenvalue weighted by molar-refractivity contribution is 7.13. The molecule has 112 valence electrons. The van der Waals surface area contributed by atoms with Gasteiger partial charge in [0.15, 0.2) is 0 Å². The summed E-state index contributed by atoms with van der Waals surface area (Å²) in [6.07, 6.45) is 2.97. The normalized spacial score (nSPS) is 13.8. The zero-order valence-corrected chi connectivity index (χ0v) is 13.2. The molecule has 0 aliphatic carbocycles. The minimum atomic E-state index is -0.971. The smallest absolute Gasteiger partial charge is 0.347 e. The van der Waals surface area contributed by atoms with E-state index < -0.39 is 5.97 Å². The molecule has 0 aromatic carbocycles. The Balaban J connectivity index is 2.66. The van der Waals surface area contributed by atoms with Gasteiger partial charge in [-0.1, -0.05) is 26.7 Å². The standard InChI is InChI=1S/C14H22N2O3S/c1-5-6-7-8(2)12(17)15-10(4)13-16-9(3)11(20-13)14(18)19/h8,10H,5-7H2,1-4H3,(H,15,17)(H,18,19). The monoisotopic (exact) mass is 298 g/mol. The molecule has 2 unspecified atom stereocenters. The fraction of sp³-hybridized carbons (Fsp3) is 0.643. The van der Waals surface area contributed by atoms with Crippen LogP contribution >= 0.6 is 11.3 Å². The van der Waals surface area contributed by atoms with E-state index in [0.717, 1.165) is 30.6 Å². The lowest BCUT2D eigenvalue weighted by Crippen LogP contribution is -2.31. The number of aromatic nitrogens is 1. The first kappa shape index (κ1) is 16.6. The molecular weight excluding hydrogens is 276 g/mol. The molecule has 0 radical (unpaired) electrons. The van der Waals surface area contributed by atoms with E-state index >= 15 is 0 Å². The molecule has 0 fully saturated rings. The number of thiazole rings is 1. The van der Waals surface area contributed by atoms with Gasteiger partial charge in [-0.3, -0.25) is 4.79 Å². The van der Waals surface area contributed by atoms with Crippen molar-refractivity contribution in [2.75, 3.05) is 0 Å². The van der Waals surface area contributed by atoms with E-state index in [0.29, 0.717) is 10.7 Å². The van der Waals surface area contributed by atoms with Crippen LogP contribution in [0.4, 0.5) is 0 Å². The number of rotatable bonds is 7. The van der Waals surface area contributed by atoms with Crippen LogP contribution in [-0.4, -0.2) is 22.0 Å². The molecule has 2 atom stereocenters. The molecule has 0 saturated carbocycles. The highest BCUT2D eigenvalue weighted by atomic mass is 32.1. The second-order valence-electron chi connectivity index (χ2n) is 5.05. The zero-order valence-electron chi connectivity index (χ0n) is 12.4. The predicted octanol–water partition coefficient (Wildman–Crippen LogP) is 3.15. The average molecular weight is 298 g/mol. The van der Waals surface area contributed by atoms with Crippen molar-refractivity contribution in [1.29, 1.82) is 0 Å². The van der Waals surface area contributed by atoms with Gasteiger partial charge < -0.3 is 10.4 Å². The van der Waals surface area contributed by atoms with E-state index in [1.165, 1.54) is 0 Å². The number of hydrogen-bond acceptors (Lipinski definition) is 4. The molecular formula is C14H22N2O3S. The van der Waals surface area contributed by atoms with Gasteiger partial charge in [-0.15, -0.1) is 11.3 Å². The molecule has 1 rings (SSSR count). The van der Waals surface area contributed by atoms with Gasteiger partial charge >= 0.3 is 5.97 Å². The molecule has 6 heteroatoms. The maximum Gasteiger partial charge on any atom is 0.347 e. The van der Waals surface area contributed by atoms with Gasteiger partial charge in [-0.2, -0.15) is 0 Å². The summed E-state index contributed by atoms with van der Waals surface area (Å²) in [5, 5.41) is 12.5. The highest BCUT2D eigenvalue weighted by Crippen LogP contribution is 2.24. The number of unbranched alkanes of at least 4 members (excludes halogenated alkanes) is 1. The van der Waals surface area contributed by atoms with E-state index in [4.69, 9.17) is 5.11 Å². The Morgan fingerprint density at radius 2 is 2.05 bits per heavy atom. The minimum absolute atomic E-state index is 0.00400. The second kappa shape index (κ2) is 7.38. The number of amides is 1. The fourth-order valence-electron chi connectivity index (χ4n) is 1.86. The molecule has 5 nitrogen and oxygen atoms in total. The zero-order chi connectivity index (χ0) is 15.3. The van der Waals surface area contributed by atoms with Gasteiger partial charge in [0.2, 0.25) is 5.91 Å². The third-order valence-electron chi connectivity index (χ3n) is 3.17. The topological polar surface area (TPSA) is 79.3 Å². The largest absolute Gasteiger partial charge is 0.477 e. The molecule has 0 aliphatic rings. The van der Waals surface area contributed by atoms with Crippen molar-refractivity contribution < 1.29 is 14.7 Å². The van der Waals surface area contributed by atoms with Crippen LogP contribution in [0.25, 0.3) is 0 Å². The Hall–Kier alpha value is -1.43. The average Bonchev–Trinajstić information content (AvgIpc) is 2.78. The molecule has 1 aromatic heterocycles. The first-order valence-electron chi connectivity index (χ1n) is 6.87. The number of nitrogens with one attached hydrogen (secondary N) is 1. The Labute approximate surface area is 123 Å². The van der Waals surface area contributed by atoms with Crippen LogP contribution in [0.1, 0.15) is 66.4 Å². The van der Waals surface area contributed by atoms with E-state index in [2.05, 4.69) is 17.2 Å². The van der Waals surface area contributed by atoms with Crippen LogP contribution in [0.15, 0.2) is 0 Å². The van der Waals surface area contributed by atoms with Crippen molar-refractivity contribution in [2.24, 2.45) is 5.92 Å². The summed E-state index contributed by atoms with van der Waals surface area (Å²) in [6, 6.07) is -0.261. The summed E-state index contributed by atoms with van der Waals surface area (Å²) >= 11 is 1.12. The molecule has 1 aromatic rings. The molecule has 0 spiro atoms. The third-order valence-corrected chi connectivity index (χ3v) is 4.50. The quantitative estimate of drug-likeness (QED) is 0.810. The van der Waals surface area contributed by atoms with Crippen LogP contribution in [0.2, 0.25) is 0 Å². The fourth-order valence-corrected chi connectivity index (χ4v) is 2.77. The Morgan fingerprint density at radius 1 is 1.40 bits per heavy atom. The molecule has 0 saturated heterocycles. The van der Waals surface area contributed by atoms with Crippen LogP contribution in [0, 0.1) is 12.8 Å². The number of aryl methyl sites for hydroxylation is 1. The lowest BCUT2D eigenvalue weighted by molar-refractivity contribution is -0.125. The van der Waals surface area contributed by atoms with Crippen LogP contribution < -0.4 is 5.32 Å². The number of nitrogens with zero attached hydrogens (tertiary/aromatic N) is 1. The first-order chi connectivity index (χ1) is 9.36. The van der Waals surface area contributed by atoms with E-state index in [-0.39, 0.29) is 22.7 Å². The summed E-state index contributed by atoms with van der Waals surface area (Å²) in [5.41, 5.74) is 0.498. The first-order valence-corrected chi connectivity index (χ1v) is 7.69. The third kappa shape index (κ3) is 4.30. The summed E-state index contributed by atoms with van der Waals surface area (Å²) in [5.74, 6) is -1.01. The minimum Gasteiger partial charge on any atom is -0.477 e. The second-order valence-corrected chi connectivity index (χ2v) is 6.08. The Morgan fingerprint density at radius 3 is 2.55 bits per heavy atom. The van der Waals surface area contributed by atoms with Crippen molar-refractivity contribution in [2.45, 2.75) is 53.0 Å². The lowest BCUT2D eigenvalue weighted by Gasteiger charge is -2.15. The maximum atomic E-state index is 12.0. The summed E-state index contributed by atoms with van der Waals surface area (Å²) in [6.45, 7) is 7.50. The van der Waals surface area contributed by atoms with Gasteiger partial charge in [0.05, 0.1) is 11.7 Å². The van der Waals surface area contributed by atoms with Crippen molar-refractivity contribution in [3.05, 3.63) is 15.6 Å². The highest BCUT2D eigenvalue weighted by Gasteiger charge is 2.21. The van der Waals surface area contributed by atoms with Crippen molar-refractivity contribution in [1.82, 2.24) is 10.3 Å². The number of carboxylic acid groups (broad SMARTS) is 1. The molecule has 20 heavy (non-hydrogen) atoms. The van der Waals surface area contributed by atoms with Gasteiger partial charge in [-0.25, -0.2) is 9.78 Å². The van der Waals surface area contributed by atoms with Crippen molar-refractivity contribution in [3.8, 4) is 0 Å². The number of carboxylic acids is 1. The summed E-state index contributed by atoms with van der Waals surface area (Å²) < 4.78 is 0. The SMILES string of the molecule is CCCCC(C)C(=O)NC(C)c1nc(C)c(C(=O)O)s1. The molecule has 0 bridgehead atoms. The number of carbonyl (C=O) groups excluding carboxylic acids is 1. The van der Waals surface area contributed by atoms with E-state index in [1.807, 2.05) is 13.8 Å². The molecule has 2 N–H and O–H groups in total. The predicted molar refractivity (Wildman–Crippen MR) is 79.1 cm³/mol.